The molecule has 1 aromatic carbocycles. The van der Waals surface area contributed by atoms with Crippen molar-refractivity contribution in [3.05, 3.63) is 29.6 Å². The highest BCUT2D eigenvalue weighted by molar-refractivity contribution is 7.89. The van der Waals surface area contributed by atoms with E-state index in [1.54, 1.807) is 0 Å². The van der Waals surface area contributed by atoms with Gasteiger partial charge in [-0.2, -0.15) is 5.26 Å². The molecule has 1 rings (SSSR count). The quantitative estimate of drug-likeness (QED) is 0.785. The summed E-state index contributed by atoms with van der Waals surface area (Å²) in [7, 11) is -2.46. The number of hydrogen-bond donors (Lipinski definition) is 1. The highest BCUT2D eigenvalue weighted by Crippen LogP contribution is 2.17. The van der Waals surface area contributed by atoms with E-state index in [2.05, 4.69) is 9.46 Å². The molecule has 0 saturated carbocycles. The van der Waals surface area contributed by atoms with Crippen molar-refractivity contribution in [3.63, 3.8) is 0 Å². The van der Waals surface area contributed by atoms with E-state index >= 15 is 0 Å². The Morgan fingerprint density at radius 1 is 1.53 bits per heavy atom. The summed E-state index contributed by atoms with van der Waals surface area (Å²) in [6.45, 7) is 0.247. The number of nitriles is 1. The first kappa shape index (κ1) is 13.6. The van der Waals surface area contributed by atoms with Crippen LogP contribution in [0.1, 0.15) is 5.56 Å². The molecule has 0 saturated heterocycles. The second kappa shape index (κ2) is 5.72. The topological polar surface area (TPSA) is 79.2 Å². The molecule has 0 bridgehead atoms. The molecule has 0 aromatic heterocycles. The monoisotopic (exact) mass is 258 g/mol. The molecule has 0 unspecified atom stereocenters. The average molecular weight is 258 g/mol. The fourth-order valence-electron chi connectivity index (χ4n) is 1.19. The molecular weight excluding hydrogens is 247 g/mol. The SMILES string of the molecule is COCCNS(=O)(=O)c1cccc(F)c1C#N. The van der Waals surface area contributed by atoms with E-state index in [1.807, 2.05) is 0 Å². The van der Waals surface area contributed by atoms with Crippen LogP contribution in [0.4, 0.5) is 4.39 Å². The summed E-state index contributed by atoms with van der Waals surface area (Å²) in [5.74, 6) is -0.859. The Balaban J connectivity index is 3.08. The van der Waals surface area contributed by atoms with Gasteiger partial charge in [-0.1, -0.05) is 6.07 Å². The second-order valence-corrected chi connectivity index (χ2v) is 4.85. The van der Waals surface area contributed by atoms with Crippen molar-refractivity contribution in [1.82, 2.24) is 4.72 Å². The van der Waals surface area contributed by atoms with E-state index < -0.39 is 21.4 Å². The molecule has 92 valence electrons. The maximum absolute atomic E-state index is 13.2. The molecule has 0 fully saturated rings. The van der Waals surface area contributed by atoms with Crippen LogP contribution in [0.25, 0.3) is 0 Å². The van der Waals surface area contributed by atoms with Crippen molar-refractivity contribution in [2.24, 2.45) is 0 Å². The van der Waals surface area contributed by atoms with Gasteiger partial charge in [0.05, 0.1) is 6.61 Å². The standard InChI is InChI=1S/C10H11FN2O3S/c1-16-6-5-13-17(14,15)10-4-2-3-9(11)8(10)7-12/h2-4,13H,5-6H2,1H3. The van der Waals surface area contributed by atoms with Crippen molar-refractivity contribution in [3.8, 4) is 6.07 Å². The molecule has 0 spiro atoms. The van der Waals surface area contributed by atoms with Crippen LogP contribution in [-0.4, -0.2) is 28.7 Å². The van der Waals surface area contributed by atoms with Gasteiger partial charge < -0.3 is 4.74 Å². The normalized spacial score (nSPS) is 11.1. The van der Waals surface area contributed by atoms with E-state index in [4.69, 9.17) is 5.26 Å². The third-order valence-corrected chi connectivity index (χ3v) is 3.48. The van der Waals surface area contributed by atoms with Crippen LogP contribution >= 0.6 is 0 Å². The van der Waals surface area contributed by atoms with E-state index in [-0.39, 0.29) is 18.0 Å². The van der Waals surface area contributed by atoms with Crippen molar-refractivity contribution in [1.29, 1.82) is 5.26 Å². The molecule has 17 heavy (non-hydrogen) atoms. The molecule has 7 heteroatoms. The third-order valence-electron chi connectivity index (χ3n) is 1.97. The number of methoxy groups -OCH3 is 1. The first-order valence-electron chi connectivity index (χ1n) is 4.70. The van der Waals surface area contributed by atoms with Gasteiger partial charge in [-0.25, -0.2) is 17.5 Å². The van der Waals surface area contributed by atoms with Crippen LogP contribution in [0.15, 0.2) is 23.1 Å². The van der Waals surface area contributed by atoms with E-state index in [9.17, 15) is 12.8 Å². The lowest BCUT2D eigenvalue weighted by Gasteiger charge is -2.07. The average Bonchev–Trinajstić information content (AvgIpc) is 2.29. The first-order valence-corrected chi connectivity index (χ1v) is 6.18. The lowest BCUT2D eigenvalue weighted by Crippen LogP contribution is -2.28. The van der Waals surface area contributed by atoms with Crippen molar-refractivity contribution >= 4 is 10.0 Å². The maximum Gasteiger partial charge on any atom is 0.242 e. The Kier molecular flexibility index (Phi) is 4.57. The van der Waals surface area contributed by atoms with Crippen LogP contribution in [-0.2, 0) is 14.8 Å². The molecule has 1 N–H and O–H groups in total. The summed E-state index contributed by atoms with van der Waals surface area (Å²) < 4.78 is 43.6. The zero-order valence-corrected chi connectivity index (χ0v) is 9.92. The Morgan fingerprint density at radius 3 is 2.82 bits per heavy atom. The van der Waals surface area contributed by atoms with Crippen molar-refractivity contribution in [2.45, 2.75) is 4.90 Å². The predicted molar refractivity (Wildman–Crippen MR) is 58.2 cm³/mol. The second-order valence-electron chi connectivity index (χ2n) is 3.12. The van der Waals surface area contributed by atoms with Crippen molar-refractivity contribution in [2.75, 3.05) is 20.3 Å². The van der Waals surface area contributed by atoms with Crippen LogP contribution in [0.3, 0.4) is 0 Å². The fourth-order valence-corrected chi connectivity index (χ4v) is 2.37. The Bertz CT molecular complexity index is 537. The van der Waals surface area contributed by atoms with E-state index in [1.165, 1.54) is 25.3 Å². The minimum Gasteiger partial charge on any atom is -0.383 e. The van der Waals surface area contributed by atoms with Gasteiger partial charge in [0.25, 0.3) is 0 Å². The molecular formula is C10H11FN2O3S. The third kappa shape index (κ3) is 3.23. The number of nitrogens with zero attached hydrogens (tertiary/aromatic N) is 1. The van der Waals surface area contributed by atoms with Gasteiger partial charge in [-0.3, -0.25) is 0 Å². The zero-order valence-electron chi connectivity index (χ0n) is 9.10. The summed E-state index contributed by atoms with van der Waals surface area (Å²) in [6, 6.07) is 4.98. The van der Waals surface area contributed by atoms with Gasteiger partial charge in [0.1, 0.15) is 22.3 Å². The molecule has 0 radical (unpaired) electrons. The van der Waals surface area contributed by atoms with Crippen LogP contribution in [0.5, 0.6) is 0 Å². The maximum atomic E-state index is 13.2. The first-order chi connectivity index (χ1) is 8.03. The number of nitrogens with one attached hydrogen (secondary N) is 1. The molecule has 0 aliphatic rings. The lowest BCUT2D eigenvalue weighted by molar-refractivity contribution is 0.204. The smallest absolute Gasteiger partial charge is 0.242 e. The number of halogens is 1. The number of sulfonamides is 1. The minimum atomic E-state index is -3.89. The molecule has 5 nitrogen and oxygen atoms in total. The lowest BCUT2D eigenvalue weighted by atomic mass is 10.2. The molecule has 0 amide bonds. The van der Waals surface area contributed by atoms with Crippen LogP contribution in [0.2, 0.25) is 0 Å². The highest BCUT2D eigenvalue weighted by Gasteiger charge is 2.20. The number of benzene rings is 1. The van der Waals surface area contributed by atoms with E-state index in [0.717, 1.165) is 6.07 Å². The largest absolute Gasteiger partial charge is 0.383 e. The van der Waals surface area contributed by atoms with Crippen LogP contribution < -0.4 is 4.72 Å². The van der Waals surface area contributed by atoms with E-state index in [0.29, 0.717) is 0 Å². The van der Waals surface area contributed by atoms with Gasteiger partial charge in [0, 0.05) is 13.7 Å². The number of hydrogen-bond acceptors (Lipinski definition) is 4. The molecule has 0 heterocycles. The van der Waals surface area contributed by atoms with Gasteiger partial charge in [0.2, 0.25) is 10.0 Å². The highest BCUT2D eigenvalue weighted by atomic mass is 32.2. The fraction of sp³-hybridized carbons (Fsp3) is 0.300. The molecule has 1 aromatic rings. The summed E-state index contributed by atoms with van der Waals surface area (Å²) >= 11 is 0. The molecule has 0 aliphatic heterocycles. The molecule has 0 atom stereocenters. The summed E-state index contributed by atoms with van der Waals surface area (Å²) in [4.78, 5) is -0.365. The zero-order chi connectivity index (χ0) is 12.9. The summed E-state index contributed by atoms with van der Waals surface area (Å²) in [6.07, 6.45) is 0. The predicted octanol–water partition coefficient (Wildman–Crippen LogP) is 0.622. The van der Waals surface area contributed by atoms with Crippen molar-refractivity contribution < 1.29 is 17.5 Å². The number of rotatable bonds is 5. The Hall–Kier alpha value is -1.49. The van der Waals surface area contributed by atoms with Gasteiger partial charge in [0.15, 0.2) is 0 Å². The van der Waals surface area contributed by atoms with Gasteiger partial charge in [-0.05, 0) is 12.1 Å². The van der Waals surface area contributed by atoms with Gasteiger partial charge in [-0.15, -0.1) is 0 Å². The Morgan fingerprint density at radius 2 is 2.24 bits per heavy atom. The summed E-state index contributed by atoms with van der Waals surface area (Å²) in [5.41, 5.74) is -0.489. The molecule has 0 aliphatic carbocycles. The van der Waals surface area contributed by atoms with Crippen LogP contribution in [0, 0.1) is 17.1 Å². The minimum absolute atomic E-state index is 0.0558. The number of ether oxygens (including phenoxy) is 1. The Labute approximate surface area is 98.9 Å². The summed E-state index contributed by atoms with van der Waals surface area (Å²) in [5, 5.41) is 8.73. The van der Waals surface area contributed by atoms with Gasteiger partial charge >= 0.3 is 0 Å².